The highest BCUT2D eigenvalue weighted by Gasteiger charge is 2.16. The number of rotatable bonds is 8. The van der Waals surface area contributed by atoms with E-state index in [9.17, 15) is 4.79 Å². The van der Waals surface area contributed by atoms with Gasteiger partial charge >= 0.3 is 0 Å². The van der Waals surface area contributed by atoms with E-state index in [1.165, 1.54) is 31.8 Å². The third kappa shape index (κ3) is 4.57. The fourth-order valence-electron chi connectivity index (χ4n) is 2.67. The summed E-state index contributed by atoms with van der Waals surface area (Å²) in [6.07, 6.45) is 1.49. The molecule has 1 atom stereocenters. The topological polar surface area (TPSA) is 94.1 Å². The van der Waals surface area contributed by atoms with Crippen molar-refractivity contribution in [3.8, 4) is 17.2 Å². The van der Waals surface area contributed by atoms with Crippen LogP contribution >= 0.6 is 11.3 Å². The van der Waals surface area contributed by atoms with E-state index in [1.54, 1.807) is 26.2 Å². The van der Waals surface area contributed by atoms with Crippen molar-refractivity contribution in [2.24, 2.45) is 5.10 Å². The minimum absolute atomic E-state index is 0.292. The van der Waals surface area contributed by atoms with Crippen LogP contribution in [0, 0.1) is 0 Å². The molecule has 0 radical (unpaired) electrons. The first-order valence-electron chi connectivity index (χ1n) is 8.81. The zero-order chi connectivity index (χ0) is 20.8. The van der Waals surface area contributed by atoms with Crippen molar-refractivity contribution in [2.75, 3.05) is 26.6 Å². The van der Waals surface area contributed by atoms with Crippen LogP contribution in [0.5, 0.6) is 17.2 Å². The SMILES string of the molecule is COc1ccc(/C=N\NC(=O)[C@H](C)Nc2nc3ccccc3s2)c(OC)c1OC. The molecule has 0 saturated heterocycles. The third-order valence-electron chi connectivity index (χ3n) is 4.14. The first-order valence-corrected chi connectivity index (χ1v) is 9.63. The van der Waals surface area contributed by atoms with E-state index >= 15 is 0 Å². The number of thiazole rings is 1. The minimum atomic E-state index is -0.514. The first kappa shape index (κ1) is 20.4. The summed E-state index contributed by atoms with van der Waals surface area (Å²) in [5.74, 6) is 1.17. The van der Waals surface area contributed by atoms with E-state index in [-0.39, 0.29) is 5.91 Å². The van der Waals surface area contributed by atoms with Crippen LogP contribution in [0.4, 0.5) is 5.13 Å². The van der Waals surface area contributed by atoms with Crippen molar-refractivity contribution in [3.05, 3.63) is 42.0 Å². The number of aromatic nitrogens is 1. The second-order valence-electron chi connectivity index (χ2n) is 6.01. The van der Waals surface area contributed by atoms with Gasteiger partial charge in [-0.3, -0.25) is 4.79 Å². The van der Waals surface area contributed by atoms with Gasteiger partial charge in [-0.25, -0.2) is 10.4 Å². The van der Waals surface area contributed by atoms with E-state index in [4.69, 9.17) is 14.2 Å². The molecule has 9 heteroatoms. The van der Waals surface area contributed by atoms with Gasteiger partial charge in [0.1, 0.15) is 6.04 Å². The molecule has 0 aliphatic heterocycles. The Bertz CT molecular complexity index is 1000. The summed E-state index contributed by atoms with van der Waals surface area (Å²) in [6, 6.07) is 10.8. The number of ether oxygens (including phenoxy) is 3. The lowest BCUT2D eigenvalue weighted by atomic mass is 10.2. The Kier molecular flexibility index (Phi) is 6.50. The van der Waals surface area contributed by atoms with Crippen molar-refractivity contribution in [1.82, 2.24) is 10.4 Å². The fourth-order valence-corrected chi connectivity index (χ4v) is 3.63. The molecule has 2 aromatic carbocycles. The predicted octanol–water partition coefficient (Wildman–Crippen LogP) is 3.27. The van der Waals surface area contributed by atoms with Crippen molar-refractivity contribution < 1.29 is 19.0 Å². The molecule has 0 fully saturated rings. The minimum Gasteiger partial charge on any atom is -0.493 e. The maximum Gasteiger partial charge on any atom is 0.262 e. The van der Waals surface area contributed by atoms with Gasteiger partial charge in [0, 0.05) is 5.56 Å². The van der Waals surface area contributed by atoms with Crippen LogP contribution in [-0.4, -0.2) is 44.5 Å². The summed E-state index contributed by atoms with van der Waals surface area (Å²) in [5.41, 5.74) is 4.05. The summed E-state index contributed by atoms with van der Waals surface area (Å²) in [4.78, 5) is 16.8. The largest absolute Gasteiger partial charge is 0.493 e. The number of methoxy groups -OCH3 is 3. The highest BCUT2D eigenvalue weighted by atomic mass is 32.1. The summed E-state index contributed by atoms with van der Waals surface area (Å²) in [5, 5.41) is 7.80. The van der Waals surface area contributed by atoms with Crippen LogP contribution in [0.3, 0.4) is 0 Å². The number of anilines is 1. The predicted molar refractivity (Wildman–Crippen MR) is 115 cm³/mol. The normalized spacial score (nSPS) is 12.0. The smallest absolute Gasteiger partial charge is 0.262 e. The molecule has 8 nitrogen and oxygen atoms in total. The van der Waals surface area contributed by atoms with Crippen LogP contribution in [0.2, 0.25) is 0 Å². The van der Waals surface area contributed by atoms with Crippen molar-refractivity contribution >= 4 is 38.8 Å². The lowest BCUT2D eigenvalue weighted by Gasteiger charge is -2.14. The summed E-state index contributed by atoms with van der Waals surface area (Å²) in [6.45, 7) is 1.74. The second kappa shape index (κ2) is 9.24. The molecule has 2 N–H and O–H groups in total. The Morgan fingerprint density at radius 3 is 2.55 bits per heavy atom. The van der Waals surface area contributed by atoms with Crippen molar-refractivity contribution in [2.45, 2.75) is 13.0 Å². The molecule has 3 rings (SSSR count). The van der Waals surface area contributed by atoms with Gasteiger partial charge < -0.3 is 19.5 Å². The number of hydrogen-bond acceptors (Lipinski definition) is 8. The molecule has 152 valence electrons. The number of nitrogens with one attached hydrogen (secondary N) is 2. The van der Waals surface area contributed by atoms with Gasteiger partial charge in [0.05, 0.1) is 37.8 Å². The maximum absolute atomic E-state index is 12.3. The number of amides is 1. The van der Waals surface area contributed by atoms with Gasteiger partial charge in [-0.1, -0.05) is 23.5 Å². The Morgan fingerprint density at radius 2 is 1.86 bits per heavy atom. The molecule has 0 bridgehead atoms. The van der Waals surface area contributed by atoms with Crippen molar-refractivity contribution in [1.29, 1.82) is 0 Å². The molecule has 1 heterocycles. The monoisotopic (exact) mass is 414 g/mol. The van der Waals surface area contributed by atoms with Gasteiger partial charge in [0.15, 0.2) is 16.6 Å². The maximum atomic E-state index is 12.3. The lowest BCUT2D eigenvalue weighted by molar-refractivity contribution is -0.121. The quantitative estimate of drug-likeness (QED) is 0.434. The molecule has 0 aliphatic rings. The van der Waals surface area contributed by atoms with Gasteiger partial charge in [-0.2, -0.15) is 5.10 Å². The first-order chi connectivity index (χ1) is 14.1. The Morgan fingerprint density at radius 1 is 1.10 bits per heavy atom. The zero-order valence-corrected chi connectivity index (χ0v) is 17.4. The average Bonchev–Trinajstić information content (AvgIpc) is 3.15. The van der Waals surface area contributed by atoms with E-state index in [0.29, 0.717) is 27.9 Å². The molecule has 3 aromatic rings. The summed E-state index contributed by atoms with van der Waals surface area (Å²) >= 11 is 1.49. The van der Waals surface area contributed by atoms with E-state index < -0.39 is 6.04 Å². The van der Waals surface area contributed by atoms with E-state index in [0.717, 1.165) is 10.2 Å². The molecule has 0 unspecified atom stereocenters. The number of hydrazone groups is 1. The molecule has 29 heavy (non-hydrogen) atoms. The molecule has 1 aromatic heterocycles. The number of para-hydroxylation sites is 1. The number of nitrogens with zero attached hydrogens (tertiary/aromatic N) is 2. The van der Waals surface area contributed by atoms with Crippen molar-refractivity contribution in [3.63, 3.8) is 0 Å². The van der Waals surface area contributed by atoms with Gasteiger partial charge in [-0.15, -0.1) is 0 Å². The van der Waals surface area contributed by atoms with E-state index in [2.05, 4.69) is 20.8 Å². The van der Waals surface area contributed by atoms with E-state index in [1.807, 2.05) is 24.3 Å². The van der Waals surface area contributed by atoms with Gasteiger partial charge in [0.2, 0.25) is 5.75 Å². The molecular weight excluding hydrogens is 392 g/mol. The number of fused-ring (bicyclic) bond motifs is 1. The Hall–Kier alpha value is -3.33. The number of benzene rings is 2. The second-order valence-corrected chi connectivity index (χ2v) is 7.04. The zero-order valence-electron chi connectivity index (χ0n) is 16.6. The highest BCUT2D eigenvalue weighted by molar-refractivity contribution is 7.22. The molecule has 0 saturated carbocycles. The fraction of sp³-hybridized carbons (Fsp3) is 0.250. The van der Waals surface area contributed by atoms with Crippen LogP contribution in [-0.2, 0) is 4.79 Å². The number of carbonyl (C=O) groups is 1. The van der Waals surface area contributed by atoms with Crippen LogP contribution in [0.1, 0.15) is 12.5 Å². The number of hydrogen-bond donors (Lipinski definition) is 2. The molecular formula is C20H22N4O4S. The van der Waals surface area contributed by atoms with Gasteiger partial charge in [-0.05, 0) is 31.2 Å². The molecule has 0 aliphatic carbocycles. The van der Waals surface area contributed by atoms with Crippen LogP contribution < -0.4 is 25.0 Å². The van der Waals surface area contributed by atoms with Gasteiger partial charge in [0.25, 0.3) is 5.91 Å². The highest BCUT2D eigenvalue weighted by Crippen LogP contribution is 2.38. The lowest BCUT2D eigenvalue weighted by Crippen LogP contribution is -2.34. The summed E-state index contributed by atoms with van der Waals surface area (Å²) < 4.78 is 17.0. The third-order valence-corrected chi connectivity index (χ3v) is 5.11. The number of carbonyl (C=O) groups excluding carboxylic acids is 1. The van der Waals surface area contributed by atoms with Crippen LogP contribution in [0.15, 0.2) is 41.5 Å². The molecule has 0 spiro atoms. The average molecular weight is 414 g/mol. The Labute approximate surface area is 172 Å². The van der Waals surface area contributed by atoms with Crippen LogP contribution in [0.25, 0.3) is 10.2 Å². The standard InChI is InChI=1S/C20H22N4O4S/c1-12(22-20-23-14-7-5-6-8-16(14)29-20)19(25)24-21-11-13-9-10-15(26-2)18(28-4)17(13)27-3/h5-12H,1-4H3,(H,22,23)(H,24,25)/b21-11-/t12-/m0/s1. The Balaban J connectivity index is 1.65. The summed E-state index contributed by atoms with van der Waals surface area (Å²) in [7, 11) is 4.60. The molecule has 1 amide bonds.